The molecule has 2 aromatic rings. The van der Waals surface area contributed by atoms with Gasteiger partial charge in [0.1, 0.15) is 22.2 Å². The molecule has 3 N–H and O–H groups in total. The number of aromatic amines is 1. The highest BCUT2D eigenvalue weighted by atomic mass is 32.2. The molecule has 1 aromatic carbocycles. The zero-order chi connectivity index (χ0) is 14.9. The standard InChI is InChI=1S/C10H7F2N3O4S/c11-5-1-2-8(6(12)3-5)20(18,19)15-9-4-7(10(16)17)13-14-9/h1-4H,(H,16,17)(H2,13,14,15). The van der Waals surface area contributed by atoms with E-state index in [1.54, 1.807) is 0 Å². The minimum atomic E-state index is -4.34. The van der Waals surface area contributed by atoms with Crippen LogP contribution < -0.4 is 4.72 Å². The van der Waals surface area contributed by atoms with Crippen molar-refractivity contribution in [3.05, 3.63) is 41.6 Å². The molecule has 0 saturated heterocycles. The van der Waals surface area contributed by atoms with E-state index in [2.05, 4.69) is 10.2 Å². The van der Waals surface area contributed by atoms with Crippen LogP contribution in [0.2, 0.25) is 0 Å². The van der Waals surface area contributed by atoms with E-state index >= 15 is 0 Å². The number of H-pyrrole nitrogens is 1. The van der Waals surface area contributed by atoms with E-state index in [9.17, 15) is 22.0 Å². The van der Waals surface area contributed by atoms with Crippen LogP contribution in [0.15, 0.2) is 29.2 Å². The molecule has 7 nitrogen and oxygen atoms in total. The predicted molar refractivity (Wildman–Crippen MR) is 62.7 cm³/mol. The van der Waals surface area contributed by atoms with E-state index in [0.717, 1.165) is 18.2 Å². The summed E-state index contributed by atoms with van der Waals surface area (Å²) in [4.78, 5) is 9.81. The molecule has 0 aliphatic carbocycles. The minimum absolute atomic E-state index is 0.328. The summed E-state index contributed by atoms with van der Waals surface area (Å²) in [5.74, 6) is -3.86. The van der Waals surface area contributed by atoms with E-state index in [-0.39, 0.29) is 11.5 Å². The molecular weight excluding hydrogens is 296 g/mol. The largest absolute Gasteiger partial charge is 0.477 e. The van der Waals surface area contributed by atoms with E-state index in [1.807, 2.05) is 4.72 Å². The number of carbonyl (C=O) groups is 1. The molecule has 0 aliphatic rings. The van der Waals surface area contributed by atoms with Gasteiger partial charge in [0.25, 0.3) is 10.0 Å². The van der Waals surface area contributed by atoms with Crippen molar-refractivity contribution < 1.29 is 27.1 Å². The van der Waals surface area contributed by atoms with Gasteiger partial charge in [0.15, 0.2) is 5.82 Å². The van der Waals surface area contributed by atoms with Gasteiger partial charge in [-0.25, -0.2) is 22.0 Å². The monoisotopic (exact) mass is 303 g/mol. The SMILES string of the molecule is O=C(O)c1cc(NS(=O)(=O)c2ccc(F)cc2F)n[nH]1. The van der Waals surface area contributed by atoms with Crippen molar-refractivity contribution in [3.63, 3.8) is 0 Å². The number of aromatic nitrogens is 2. The smallest absolute Gasteiger partial charge is 0.353 e. The fourth-order valence-corrected chi connectivity index (χ4v) is 2.42. The third-order valence-corrected chi connectivity index (χ3v) is 3.62. The number of nitrogens with one attached hydrogen (secondary N) is 2. The average molecular weight is 303 g/mol. The number of aromatic carboxylic acids is 1. The predicted octanol–water partition coefficient (Wildman–Crippen LogP) is 1.19. The summed E-state index contributed by atoms with van der Waals surface area (Å²) in [6, 6.07) is 2.87. The zero-order valence-electron chi connectivity index (χ0n) is 9.59. The molecule has 0 fully saturated rings. The van der Waals surface area contributed by atoms with Gasteiger partial charge < -0.3 is 5.11 Å². The lowest BCUT2D eigenvalue weighted by Crippen LogP contribution is -2.15. The van der Waals surface area contributed by atoms with Gasteiger partial charge in [-0.2, -0.15) is 5.10 Å². The number of nitrogens with zero attached hydrogens (tertiary/aromatic N) is 1. The summed E-state index contributed by atoms with van der Waals surface area (Å²) >= 11 is 0. The number of hydrogen-bond acceptors (Lipinski definition) is 4. The van der Waals surface area contributed by atoms with Crippen molar-refractivity contribution >= 4 is 21.8 Å². The molecule has 0 saturated carbocycles. The summed E-state index contributed by atoms with van der Waals surface area (Å²) in [5, 5.41) is 14.1. The first-order valence-electron chi connectivity index (χ1n) is 5.06. The van der Waals surface area contributed by atoms with Crippen LogP contribution in [0.4, 0.5) is 14.6 Å². The first-order chi connectivity index (χ1) is 9.29. The summed E-state index contributed by atoms with van der Waals surface area (Å²) in [6.45, 7) is 0. The Labute approximate surface area is 111 Å². The topological polar surface area (TPSA) is 112 Å². The van der Waals surface area contributed by atoms with Crippen LogP contribution in [0.1, 0.15) is 10.5 Å². The van der Waals surface area contributed by atoms with E-state index in [0.29, 0.717) is 6.07 Å². The third kappa shape index (κ3) is 2.74. The van der Waals surface area contributed by atoms with Crippen molar-refractivity contribution in [2.45, 2.75) is 4.90 Å². The fraction of sp³-hybridized carbons (Fsp3) is 0. The highest BCUT2D eigenvalue weighted by Gasteiger charge is 2.21. The molecule has 1 heterocycles. The minimum Gasteiger partial charge on any atom is -0.477 e. The second kappa shape index (κ2) is 4.89. The van der Waals surface area contributed by atoms with Crippen LogP contribution in [-0.2, 0) is 10.0 Å². The Morgan fingerprint density at radius 2 is 2.00 bits per heavy atom. The van der Waals surface area contributed by atoms with E-state index in [1.165, 1.54) is 0 Å². The van der Waals surface area contributed by atoms with Crippen molar-refractivity contribution in [1.29, 1.82) is 0 Å². The zero-order valence-corrected chi connectivity index (χ0v) is 10.4. The maximum absolute atomic E-state index is 13.4. The van der Waals surface area contributed by atoms with Crippen LogP contribution >= 0.6 is 0 Å². The number of rotatable bonds is 4. The lowest BCUT2D eigenvalue weighted by atomic mass is 10.3. The van der Waals surface area contributed by atoms with Crippen molar-refractivity contribution in [2.75, 3.05) is 4.72 Å². The first kappa shape index (κ1) is 13.9. The van der Waals surface area contributed by atoms with Crippen LogP contribution in [0.3, 0.4) is 0 Å². The normalized spacial score (nSPS) is 11.3. The highest BCUT2D eigenvalue weighted by Crippen LogP contribution is 2.18. The maximum Gasteiger partial charge on any atom is 0.353 e. The molecular formula is C10H7F2N3O4S. The van der Waals surface area contributed by atoms with Crippen molar-refractivity contribution in [2.24, 2.45) is 0 Å². The van der Waals surface area contributed by atoms with Crippen LogP contribution in [0, 0.1) is 11.6 Å². The number of hydrogen-bond donors (Lipinski definition) is 3. The Hall–Kier alpha value is -2.49. The third-order valence-electron chi connectivity index (χ3n) is 2.23. The van der Waals surface area contributed by atoms with Crippen molar-refractivity contribution in [3.8, 4) is 0 Å². The number of halogens is 2. The molecule has 2 rings (SSSR count). The maximum atomic E-state index is 13.4. The number of benzene rings is 1. The second-order valence-electron chi connectivity index (χ2n) is 3.65. The van der Waals surface area contributed by atoms with Crippen LogP contribution in [0.5, 0.6) is 0 Å². The van der Waals surface area contributed by atoms with Gasteiger partial charge in [0.2, 0.25) is 0 Å². The highest BCUT2D eigenvalue weighted by molar-refractivity contribution is 7.92. The first-order valence-corrected chi connectivity index (χ1v) is 6.54. The lowest BCUT2D eigenvalue weighted by molar-refractivity contribution is 0.0690. The Kier molecular flexibility index (Phi) is 3.40. The van der Waals surface area contributed by atoms with Crippen LogP contribution in [-0.4, -0.2) is 29.7 Å². The fourth-order valence-electron chi connectivity index (χ4n) is 1.37. The van der Waals surface area contributed by atoms with E-state index in [4.69, 9.17) is 5.11 Å². The number of sulfonamides is 1. The molecule has 106 valence electrons. The Balaban J connectivity index is 2.33. The van der Waals surface area contributed by atoms with Gasteiger partial charge in [-0.05, 0) is 12.1 Å². The van der Waals surface area contributed by atoms with Crippen molar-refractivity contribution in [1.82, 2.24) is 10.2 Å². The van der Waals surface area contributed by atoms with E-state index < -0.39 is 32.5 Å². The summed E-state index contributed by atoms with van der Waals surface area (Å²) in [7, 11) is -4.34. The molecule has 20 heavy (non-hydrogen) atoms. The molecule has 0 amide bonds. The average Bonchev–Trinajstić information content (AvgIpc) is 2.76. The molecule has 0 unspecified atom stereocenters. The molecule has 0 atom stereocenters. The molecule has 0 aliphatic heterocycles. The quantitative estimate of drug-likeness (QED) is 0.785. The Bertz CT molecular complexity index is 773. The summed E-state index contributed by atoms with van der Waals surface area (Å²) in [5.41, 5.74) is -0.345. The molecule has 0 radical (unpaired) electrons. The molecule has 1 aromatic heterocycles. The van der Waals surface area contributed by atoms with Gasteiger partial charge in [0, 0.05) is 12.1 Å². The number of carboxylic acids is 1. The molecule has 0 spiro atoms. The van der Waals surface area contributed by atoms with Gasteiger partial charge in [-0.1, -0.05) is 0 Å². The molecule has 10 heteroatoms. The lowest BCUT2D eigenvalue weighted by Gasteiger charge is -2.06. The van der Waals surface area contributed by atoms with Crippen LogP contribution in [0.25, 0.3) is 0 Å². The summed E-state index contributed by atoms with van der Waals surface area (Å²) in [6.07, 6.45) is 0. The molecule has 0 bridgehead atoms. The van der Waals surface area contributed by atoms with Gasteiger partial charge in [0.05, 0.1) is 0 Å². The van der Waals surface area contributed by atoms with Gasteiger partial charge >= 0.3 is 5.97 Å². The van der Waals surface area contributed by atoms with Gasteiger partial charge in [-0.3, -0.25) is 9.82 Å². The Morgan fingerprint density at radius 3 is 2.55 bits per heavy atom. The number of anilines is 1. The summed E-state index contributed by atoms with van der Waals surface area (Å²) < 4.78 is 51.7. The Morgan fingerprint density at radius 1 is 1.30 bits per heavy atom. The number of carboxylic acid groups (broad SMARTS) is 1. The second-order valence-corrected chi connectivity index (χ2v) is 5.30. The van der Waals surface area contributed by atoms with Gasteiger partial charge in [-0.15, -0.1) is 0 Å².